The number of methoxy groups -OCH3 is 1. The maximum absolute atomic E-state index is 6.19. The Labute approximate surface area is 90.1 Å². The van der Waals surface area contributed by atoms with E-state index in [-0.39, 0.29) is 0 Å². The van der Waals surface area contributed by atoms with Crippen molar-refractivity contribution >= 4 is 5.57 Å². The average Bonchev–Trinajstić information content (AvgIpc) is 2.31. The van der Waals surface area contributed by atoms with E-state index in [9.17, 15) is 0 Å². The Hall–Kier alpha value is -1.38. The van der Waals surface area contributed by atoms with Crippen LogP contribution in [0.1, 0.15) is 12.0 Å². The van der Waals surface area contributed by atoms with E-state index in [2.05, 4.69) is 0 Å². The average molecular weight is 201 g/mol. The van der Waals surface area contributed by atoms with Crippen LogP contribution < -0.4 is 5.73 Å². The molecule has 0 aliphatic heterocycles. The highest BCUT2D eigenvalue weighted by Crippen LogP contribution is 2.31. The van der Waals surface area contributed by atoms with Crippen LogP contribution in [-0.4, -0.2) is 12.8 Å². The van der Waals surface area contributed by atoms with Gasteiger partial charge in [0.05, 0.1) is 0 Å². The molecule has 0 bridgehead atoms. The quantitative estimate of drug-likeness (QED) is 0.745. The molecule has 78 valence electrons. The number of allylic oxidation sites excluding steroid dienone is 2. The third kappa shape index (κ3) is 1.87. The predicted molar refractivity (Wildman–Crippen MR) is 62.1 cm³/mol. The van der Waals surface area contributed by atoms with Crippen LogP contribution in [0.5, 0.6) is 0 Å². The van der Waals surface area contributed by atoms with E-state index in [1.807, 2.05) is 48.6 Å². The standard InChI is InChI=1S/C13H15NO/c1-15-13(14)10-6-5-9-12(13)11-7-3-2-4-8-11/h2-9H,10,14H2,1H3. The lowest BCUT2D eigenvalue weighted by molar-refractivity contribution is 0.0489. The van der Waals surface area contributed by atoms with Crippen LogP contribution in [0.25, 0.3) is 5.57 Å². The second-order valence-electron chi connectivity index (χ2n) is 3.67. The van der Waals surface area contributed by atoms with Crippen LogP contribution >= 0.6 is 0 Å². The third-order valence-corrected chi connectivity index (χ3v) is 2.73. The summed E-state index contributed by atoms with van der Waals surface area (Å²) in [5, 5.41) is 0. The summed E-state index contributed by atoms with van der Waals surface area (Å²) in [6.07, 6.45) is 6.77. The first-order chi connectivity index (χ1) is 7.26. The van der Waals surface area contributed by atoms with Gasteiger partial charge in [-0.3, -0.25) is 5.73 Å². The van der Waals surface area contributed by atoms with Gasteiger partial charge in [-0.2, -0.15) is 0 Å². The normalized spacial score (nSPS) is 25.1. The van der Waals surface area contributed by atoms with E-state index in [1.165, 1.54) is 0 Å². The van der Waals surface area contributed by atoms with Crippen molar-refractivity contribution in [1.29, 1.82) is 0 Å². The summed E-state index contributed by atoms with van der Waals surface area (Å²) in [5.74, 6) is 0. The highest BCUT2D eigenvalue weighted by atomic mass is 16.5. The first-order valence-corrected chi connectivity index (χ1v) is 5.03. The van der Waals surface area contributed by atoms with Crippen molar-refractivity contribution < 1.29 is 4.74 Å². The molecule has 15 heavy (non-hydrogen) atoms. The largest absolute Gasteiger partial charge is 0.359 e. The number of rotatable bonds is 2. The fourth-order valence-electron chi connectivity index (χ4n) is 1.81. The molecule has 2 N–H and O–H groups in total. The summed E-state index contributed by atoms with van der Waals surface area (Å²) >= 11 is 0. The number of hydrogen-bond acceptors (Lipinski definition) is 2. The molecule has 0 radical (unpaired) electrons. The van der Waals surface area contributed by atoms with E-state index < -0.39 is 5.72 Å². The van der Waals surface area contributed by atoms with Crippen molar-refractivity contribution in [2.24, 2.45) is 5.73 Å². The molecular weight excluding hydrogens is 186 g/mol. The van der Waals surface area contributed by atoms with E-state index in [0.717, 1.165) is 11.1 Å². The minimum atomic E-state index is -0.684. The summed E-state index contributed by atoms with van der Waals surface area (Å²) in [7, 11) is 1.65. The number of nitrogens with two attached hydrogens (primary N) is 1. The lowest BCUT2D eigenvalue weighted by Gasteiger charge is -2.31. The van der Waals surface area contributed by atoms with Crippen LogP contribution in [0.4, 0.5) is 0 Å². The smallest absolute Gasteiger partial charge is 0.146 e. The summed E-state index contributed by atoms with van der Waals surface area (Å²) in [4.78, 5) is 0. The molecule has 1 unspecified atom stereocenters. The first-order valence-electron chi connectivity index (χ1n) is 5.03. The molecule has 1 aromatic rings. The fraction of sp³-hybridized carbons (Fsp3) is 0.231. The molecule has 2 heteroatoms. The van der Waals surface area contributed by atoms with Gasteiger partial charge in [-0.25, -0.2) is 0 Å². The minimum Gasteiger partial charge on any atom is -0.359 e. The molecule has 0 spiro atoms. The van der Waals surface area contributed by atoms with Crippen LogP contribution in [-0.2, 0) is 4.74 Å². The maximum atomic E-state index is 6.19. The summed E-state index contributed by atoms with van der Waals surface area (Å²) in [5.41, 5.74) is 7.66. The Balaban J connectivity index is 2.42. The number of ether oxygens (including phenoxy) is 1. The zero-order valence-corrected chi connectivity index (χ0v) is 8.81. The highest BCUT2D eigenvalue weighted by molar-refractivity contribution is 5.74. The van der Waals surface area contributed by atoms with Gasteiger partial charge in [0.2, 0.25) is 0 Å². The van der Waals surface area contributed by atoms with Crippen molar-refractivity contribution in [3.05, 3.63) is 54.1 Å². The summed E-state index contributed by atoms with van der Waals surface area (Å²) < 4.78 is 5.40. The Morgan fingerprint density at radius 3 is 2.67 bits per heavy atom. The van der Waals surface area contributed by atoms with Crippen LogP contribution in [0.2, 0.25) is 0 Å². The van der Waals surface area contributed by atoms with Gasteiger partial charge in [-0.05, 0) is 5.56 Å². The molecular formula is C13H15NO. The monoisotopic (exact) mass is 201 g/mol. The van der Waals surface area contributed by atoms with Crippen LogP contribution in [0, 0.1) is 0 Å². The molecule has 1 aromatic carbocycles. The topological polar surface area (TPSA) is 35.2 Å². The number of benzene rings is 1. The van der Waals surface area contributed by atoms with Gasteiger partial charge < -0.3 is 4.74 Å². The van der Waals surface area contributed by atoms with Crippen molar-refractivity contribution in [1.82, 2.24) is 0 Å². The van der Waals surface area contributed by atoms with Gasteiger partial charge in [-0.1, -0.05) is 48.6 Å². The van der Waals surface area contributed by atoms with Crippen molar-refractivity contribution in [3.8, 4) is 0 Å². The van der Waals surface area contributed by atoms with E-state index in [4.69, 9.17) is 10.5 Å². The molecule has 0 saturated heterocycles. The maximum Gasteiger partial charge on any atom is 0.146 e. The minimum absolute atomic E-state index is 0.684. The fourth-order valence-corrected chi connectivity index (χ4v) is 1.81. The molecule has 1 aliphatic rings. The van der Waals surface area contributed by atoms with Gasteiger partial charge >= 0.3 is 0 Å². The van der Waals surface area contributed by atoms with Gasteiger partial charge in [0.15, 0.2) is 0 Å². The van der Waals surface area contributed by atoms with Crippen molar-refractivity contribution in [3.63, 3.8) is 0 Å². The molecule has 1 aliphatic carbocycles. The lowest BCUT2D eigenvalue weighted by Crippen LogP contribution is -2.43. The van der Waals surface area contributed by atoms with Gasteiger partial charge in [0.1, 0.15) is 5.72 Å². The molecule has 0 aromatic heterocycles. The highest BCUT2D eigenvalue weighted by Gasteiger charge is 2.30. The number of hydrogen-bond donors (Lipinski definition) is 1. The lowest BCUT2D eigenvalue weighted by atomic mass is 9.89. The molecule has 2 nitrogen and oxygen atoms in total. The second-order valence-corrected chi connectivity index (χ2v) is 3.67. The summed E-state index contributed by atoms with van der Waals surface area (Å²) in [6.45, 7) is 0. The first kappa shape index (κ1) is 10.1. The Bertz CT molecular complexity index is 394. The zero-order valence-electron chi connectivity index (χ0n) is 8.81. The SMILES string of the molecule is COC1(N)CC=CC=C1c1ccccc1. The van der Waals surface area contributed by atoms with E-state index >= 15 is 0 Å². The molecule has 0 amide bonds. The van der Waals surface area contributed by atoms with E-state index in [0.29, 0.717) is 6.42 Å². The van der Waals surface area contributed by atoms with Crippen molar-refractivity contribution in [2.45, 2.75) is 12.1 Å². The summed E-state index contributed by atoms with van der Waals surface area (Å²) in [6, 6.07) is 10.1. The van der Waals surface area contributed by atoms with E-state index in [1.54, 1.807) is 7.11 Å². The zero-order chi connectivity index (χ0) is 10.7. The molecule has 0 fully saturated rings. The Morgan fingerprint density at radius 2 is 2.00 bits per heavy atom. The van der Waals surface area contributed by atoms with Crippen molar-refractivity contribution in [2.75, 3.05) is 7.11 Å². The third-order valence-electron chi connectivity index (χ3n) is 2.73. The van der Waals surface area contributed by atoms with Crippen LogP contribution in [0.3, 0.4) is 0 Å². The van der Waals surface area contributed by atoms with Gasteiger partial charge in [0, 0.05) is 19.1 Å². The Kier molecular flexibility index (Phi) is 2.71. The van der Waals surface area contributed by atoms with Gasteiger partial charge in [-0.15, -0.1) is 0 Å². The molecule has 2 rings (SSSR count). The molecule has 1 atom stereocenters. The van der Waals surface area contributed by atoms with Gasteiger partial charge in [0.25, 0.3) is 0 Å². The molecule has 0 heterocycles. The second kappa shape index (κ2) is 4.01. The van der Waals surface area contributed by atoms with Crippen LogP contribution in [0.15, 0.2) is 48.6 Å². The Morgan fingerprint density at radius 1 is 1.27 bits per heavy atom. The predicted octanol–water partition coefficient (Wildman–Crippen LogP) is 2.33. The molecule has 0 saturated carbocycles.